The average molecular weight is 465 g/mol. The molecule has 2 aliphatic heterocycles. The fourth-order valence-corrected chi connectivity index (χ4v) is 5.75. The Hall–Kier alpha value is -2.80. The van der Waals surface area contributed by atoms with Crippen molar-refractivity contribution in [2.24, 2.45) is 0 Å². The third kappa shape index (κ3) is 3.68. The molecule has 0 spiro atoms. The first-order chi connectivity index (χ1) is 15.1. The maximum atomic E-state index is 13.9. The van der Waals surface area contributed by atoms with E-state index in [4.69, 9.17) is 0 Å². The van der Waals surface area contributed by atoms with Crippen molar-refractivity contribution in [3.63, 3.8) is 0 Å². The third-order valence-electron chi connectivity index (χ3n) is 6.08. The van der Waals surface area contributed by atoms with E-state index in [2.05, 4.69) is 0 Å². The van der Waals surface area contributed by atoms with Crippen LogP contribution in [0.1, 0.15) is 42.0 Å². The molecule has 0 N–H and O–H groups in total. The number of hydrogen-bond acceptors (Lipinski definition) is 4. The predicted octanol–water partition coefficient (Wildman–Crippen LogP) is 3.91. The summed E-state index contributed by atoms with van der Waals surface area (Å²) in [4.78, 5) is 28.0. The van der Waals surface area contributed by atoms with Crippen LogP contribution in [-0.4, -0.2) is 34.2 Å². The van der Waals surface area contributed by atoms with Crippen molar-refractivity contribution in [2.75, 3.05) is 18.8 Å². The van der Waals surface area contributed by atoms with E-state index in [9.17, 15) is 32.4 Å². The van der Waals surface area contributed by atoms with E-state index in [1.807, 2.05) is 6.07 Å². The fraction of sp³-hybridized carbons (Fsp3) is 0.409. The number of aromatic nitrogens is 1. The summed E-state index contributed by atoms with van der Waals surface area (Å²) < 4.78 is 54.9. The van der Waals surface area contributed by atoms with Crippen molar-refractivity contribution in [1.29, 1.82) is 5.26 Å². The second-order valence-electron chi connectivity index (χ2n) is 8.19. The van der Waals surface area contributed by atoms with Crippen molar-refractivity contribution in [2.45, 2.75) is 42.8 Å². The van der Waals surface area contributed by atoms with Crippen LogP contribution in [0.3, 0.4) is 0 Å². The Kier molecular flexibility index (Phi) is 5.57. The summed E-state index contributed by atoms with van der Waals surface area (Å²) in [5.74, 6) is -1.43. The molecule has 1 fully saturated rings. The number of thioether (sulfide) groups is 1. The number of carbonyl (C=O) groups excluding carboxylic acids is 1. The fourth-order valence-electron chi connectivity index (χ4n) is 4.30. The Bertz CT molecular complexity index is 1200. The van der Waals surface area contributed by atoms with Gasteiger partial charge in [0.05, 0.1) is 11.1 Å². The molecule has 0 bridgehead atoms. The first kappa shape index (κ1) is 22.4. The quantitative estimate of drug-likeness (QED) is 0.645. The van der Waals surface area contributed by atoms with Crippen LogP contribution >= 0.6 is 11.8 Å². The molecule has 2 aliphatic rings. The zero-order valence-electron chi connectivity index (χ0n) is 17.1. The van der Waals surface area contributed by atoms with Crippen LogP contribution in [0.25, 0.3) is 0 Å². The lowest BCUT2D eigenvalue weighted by molar-refractivity contribution is -0.140. The van der Waals surface area contributed by atoms with E-state index in [0.29, 0.717) is 18.0 Å². The molecule has 5 nitrogen and oxygen atoms in total. The number of benzene rings is 1. The molecule has 3 heterocycles. The lowest BCUT2D eigenvalue weighted by Crippen LogP contribution is -2.38. The Labute approximate surface area is 185 Å². The summed E-state index contributed by atoms with van der Waals surface area (Å²) in [6.45, 7) is 2.56. The lowest BCUT2D eigenvalue weighted by Gasteiger charge is -2.26. The number of hydrogen-bond donors (Lipinski definition) is 0. The number of rotatable bonds is 3. The van der Waals surface area contributed by atoms with E-state index in [1.54, 1.807) is 11.8 Å². The van der Waals surface area contributed by atoms with Gasteiger partial charge in [0.1, 0.15) is 18.4 Å². The second-order valence-corrected chi connectivity index (χ2v) is 9.18. The van der Waals surface area contributed by atoms with Crippen LogP contribution in [0, 0.1) is 17.1 Å². The van der Waals surface area contributed by atoms with Gasteiger partial charge in [0, 0.05) is 40.9 Å². The zero-order chi connectivity index (χ0) is 23.3. The van der Waals surface area contributed by atoms with Crippen LogP contribution in [0.15, 0.2) is 34.1 Å². The number of amides is 1. The molecule has 0 radical (unpaired) electrons. The SMILES string of the molecule is CC1(c2ccc(F)c(C(F)(F)F)c2)CSc2c(C#N)cn(CC(=O)N3CCCC3)c(=O)c21. The van der Waals surface area contributed by atoms with Gasteiger partial charge in [-0.3, -0.25) is 9.59 Å². The highest BCUT2D eigenvalue weighted by Gasteiger charge is 2.43. The molecule has 0 aliphatic carbocycles. The van der Waals surface area contributed by atoms with Crippen LogP contribution in [-0.2, 0) is 22.9 Å². The minimum atomic E-state index is -4.89. The van der Waals surface area contributed by atoms with E-state index in [-0.39, 0.29) is 34.9 Å². The van der Waals surface area contributed by atoms with Gasteiger partial charge in [-0.1, -0.05) is 13.0 Å². The summed E-state index contributed by atoms with van der Waals surface area (Å²) in [5, 5.41) is 9.62. The van der Waals surface area contributed by atoms with Crippen LogP contribution in [0.4, 0.5) is 17.6 Å². The standard InChI is InChI=1S/C22H19F4N3O2S/c1-21(14-4-5-16(23)15(8-14)22(24,25)26)12-32-19-13(9-27)10-29(20(31)18(19)21)11-17(30)28-6-2-3-7-28/h4-5,8,10H,2-3,6-7,11-12H2,1H3. The minimum absolute atomic E-state index is 0.127. The van der Waals surface area contributed by atoms with E-state index in [0.717, 1.165) is 29.5 Å². The van der Waals surface area contributed by atoms with Crippen molar-refractivity contribution >= 4 is 17.7 Å². The Morgan fingerprint density at radius 2 is 1.97 bits per heavy atom. The summed E-state index contributed by atoms with van der Waals surface area (Å²) >= 11 is 1.20. The highest BCUT2D eigenvalue weighted by atomic mass is 32.2. The molecule has 10 heteroatoms. The predicted molar refractivity (Wildman–Crippen MR) is 110 cm³/mol. The lowest BCUT2D eigenvalue weighted by atomic mass is 9.77. The van der Waals surface area contributed by atoms with E-state index < -0.39 is 28.5 Å². The Balaban J connectivity index is 1.83. The van der Waals surface area contributed by atoms with Gasteiger partial charge < -0.3 is 9.47 Å². The van der Waals surface area contributed by atoms with Crippen molar-refractivity contribution in [3.8, 4) is 6.07 Å². The van der Waals surface area contributed by atoms with Crippen LogP contribution < -0.4 is 5.56 Å². The maximum Gasteiger partial charge on any atom is 0.419 e. The Morgan fingerprint density at radius 1 is 1.28 bits per heavy atom. The normalized spacial score (nSPS) is 20.3. The third-order valence-corrected chi connectivity index (χ3v) is 7.52. The smallest absolute Gasteiger partial charge is 0.341 e. The molecular weight excluding hydrogens is 446 g/mol. The number of fused-ring (bicyclic) bond motifs is 1. The van der Waals surface area contributed by atoms with Gasteiger partial charge in [-0.25, -0.2) is 4.39 Å². The average Bonchev–Trinajstić information content (AvgIpc) is 3.39. The molecule has 2 aromatic rings. The van der Waals surface area contributed by atoms with E-state index in [1.165, 1.54) is 24.0 Å². The number of nitriles is 1. The molecule has 4 rings (SSSR count). The van der Waals surface area contributed by atoms with Gasteiger partial charge in [-0.15, -0.1) is 11.8 Å². The molecule has 1 amide bonds. The number of nitrogens with zero attached hydrogens (tertiary/aromatic N) is 3. The highest BCUT2D eigenvalue weighted by molar-refractivity contribution is 7.99. The zero-order valence-corrected chi connectivity index (χ0v) is 17.9. The summed E-state index contributed by atoms with van der Waals surface area (Å²) in [5.41, 5.74) is -2.65. The van der Waals surface area contributed by atoms with Gasteiger partial charge in [0.25, 0.3) is 5.56 Å². The van der Waals surface area contributed by atoms with Gasteiger partial charge in [-0.2, -0.15) is 18.4 Å². The Morgan fingerprint density at radius 3 is 2.59 bits per heavy atom. The topological polar surface area (TPSA) is 66.1 Å². The molecule has 32 heavy (non-hydrogen) atoms. The summed E-state index contributed by atoms with van der Waals surface area (Å²) in [6.07, 6.45) is -1.79. The van der Waals surface area contributed by atoms with Gasteiger partial charge in [0.15, 0.2) is 0 Å². The molecule has 1 saturated heterocycles. The van der Waals surface area contributed by atoms with Crippen LogP contribution in [0.5, 0.6) is 0 Å². The van der Waals surface area contributed by atoms with Gasteiger partial charge >= 0.3 is 6.18 Å². The molecule has 1 aromatic heterocycles. The molecular formula is C22H19F4N3O2S. The molecule has 1 atom stereocenters. The van der Waals surface area contributed by atoms with Crippen molar-refractivity contribution in [3.05, 3.63) is 62.8 Å². The monoisotopic (exact) mass is 465 g/mol. The number of halogens is 4. The number of alkyl halides is 3. The van der Waals surface area contributed by atoms with E-state index >= 15 is 0 Å². The van der Waals surface area contributed by atoms with Crippen molar-refractivity contribution < 1.29 is 22.4 Å². The summed E-state index contributed by atoms with van der Waals surface area (Å²) in [7, 11) is 0. The second kappa shape index (κ2) is 7.96. The largest absolute Gasteiger partial charge is 0.419 e. The van der Waals surface area contributed by atoms with Crippen molar-refractivity contribution in [1.82, 2.24) is 9.47 Å². The van der Waals surface area contributed by atoms with Gasteiger partial charge in [0.2, 0.25) is 5.91 Å². The van der Waals surface area contributed by atoms with Crippen LogP contribution in [0.2, 0.25) is 0 Å². The summed E-state index contributed by atoms with van der Waals surface area (Å²) in [6, 6.07) is 4.73. The number of pyridine rings is 1. The number of carbonyl (C=O) groups is 1. The molecule has 1 unspecified atom stereocenters. The molecule has 168 valence electrons. The first-order valence-corrected chi connectivity index (χ1v) is 11.0. The highest BCUT2D eigenvalue weighted by Crippen LogP contribution is 2.48. The molecule has 0 saturated carbocycles. The molecule has 1 aromatic carbocycles. The first-order valence-electron chi connectivity index (χ1n) is 10.0. The number of likely N-dealkylation sites (tertiary alicyclic amines) is 1. The maximum absolute atomic E-state index is 13.9. The van der Waals surface area contributed by atoms with Gasteiger partial charge in [-0.05, 0) is 30.5 Å². The minimum Gasteiger partial charge on any atom is -0.341 e.